The van der Waals surface area contributed by atoms with Crippen molar-refractivity contribution in [2.45, 2.75) is 44.8 Å². The van der Waals surface area contributed by atoms with E-state index >= 15 is 0 Å². The molecule has 1 aliphatic rings. The maximum absolute atomic E-state index is 13.5. The molecular weight excluding hydrogens is 221 g/mol. The van der Waals surface area contributed by atoms with Gasteiger partial charge in [-0.3, -0.25) is 4.84 Å². The number of hydroxylamine groups is 1. The zero-order valence-corrected chi connectivity index (χ0v) is 9.95. The number of nitrogens with one attached hydrogen (secondary N) is 1. The van der Waals surface area contributed by atoms with Crippen molar-refractivity contribution in [3.63, 3.8) is 0 Å². The van der Waals surface area contributed by atoms with Crippen molar-refractivity contribution < 1.29 is 14.3 Å². The van der Waals surface area contributed by atoms with Crippen LogP contribution in [0, 0.1) is 5.82 Å². The van der Waals surface area contributed by atoms with E-state index in [1.54, 1.807) is 6.07 Å². The Hall–Kier alpha value is -1.13. The number of benzene rings is 1. The summed E-state index contributed by atoms with van der Waals surface area (Å²) in [5.41, 5.74) is 3.38. The number of halogens is 1. The first-order chi connectivity index (χ1) is 8.16. The highest BCUT2D eigenvalue weighted by Gasteiger charge is 2.18. The second kappa shape index (κ2) is 5.47. The lowest BCUT2D eigenvalue weighted by Crippen LogP contribution is -2.25. The molecule has 0 bridgehead atoms. The molecule has 0 spiro atoms. The third kappa shape index (κ3) is 3.17. The van der Waals surface area contributed by atoms with Crippen LogP contribution in [-0.2, 0) is 4.84 Å². The van der Waals surface area contributed by atoms with Crippen molar-refractivity contribution in [3.05, 3.63) is 29.6 Å². The van der Waals surface area contributed by atoms with Crippen molar-refractivity contribution in [3.8, 4) is 5.75 Å². The molecule has 2 rings (SSSR count). The van der Waals surface area contributed by atoms with E-state index in [0.717, 1.165) is 18.9 Å². The van der Waals surface area contributed by atoms with Gasteiger partial charge in [0.2, 0.25) is 0 Å². The van der Waals surface area contributed by atoms with Gasteiger partial charge < -0.3 is 5.11 Å². The molecule has 1 aromatic rings. The van der Waals surface area contributed by atoms with Gasteiger partial charge >= 0.3 is 0 Å². The van der Waals surface area contributed by atoms with Gasteiger partial charge in [-0.2, -0.15) is 5.48 Å². The van der Waals surface area contributed by atoms with Crippen LogP contribution in [0.3, 0.4) is 0 Å². The first-order valence-corrected chi connectivity index (χ1v) is 6.06. The van der Waals surface area contributed by atoms with Crippen molar-refractivity contribution in [1.29, 1.82) is 0 Å². The fourth-order valence-corrected chi connectivity index (χ4v) is 2.14. The van der Waals surface area contributed by atoms with E-state index in [1.165, 1.54) is 18.9 Å². The number of phenols is 1. The molecule has 2 N–H and O–H groups in total. The van der Waals surface area contributed by atoms with E-state index < -0.39 is 5.82 Å². The fourth-order valence-electron chi connectivity index (χ4n) is 2.14. The molecule has 4 heteroatoms. The summed E-state index contributed by atoms with van der Waals surface area (Å²) in [5, 5.41) is 9.13. The minimum Gasteiger partial charge on any atom is -0.508 e. The van der Waals surface area contributed by atoms with Gasteiger partial charge in [-0.1, -0.05) is 18.9 Å². The molecule has 0 aromatic heterocycles. The molecule has 1 fully saturated rings. The van der Waals surface area contributed by atoms with E-state index in [1.807, 2.05) is 6.92 Å². The molecule has 0 heterocycles. The molecule has 3 nitrogen and oxygen atoms in total. The van der Waals surface area contributed by atoms with E-state index in [0.29, 0.717) is 5.56 Å². The summed E-state index contributed by atoms with van der Waals surface area (Å²) >= 11 is 0. The fraction of sp³-hybridized carbons (Fsp3) is 0.538. The minimum absolute atomic E-state index is 0.0600. The lowest BCUT2D eigenvalue weighted by molar-refractivity contribution is -0.0382. The van der Waals surface area contributed by atoms with E-state index in [9.17, 15) is 4.39 Å². The predicted molar refractivity (Wildman–Crippen MR) is 63.0 cm³/mol. The van der Waals surface area contributed by atoms with Crippen LogP contribution in [0.15, 0.2) is 18.2 Å². The predicted octanol–water partition coefficient (Wildman–Crippen LogP) is 3.06. The summed E-state index contributed by atoms with van der Waals surface area (Å²) < 4.78 is 13.5. The quantitative estimate of drug-likeness (QED) is 0.793. The van der Waals surface area contributed by atoms with Crippen molar-refractivity contribution in [2.75, 3.05) is 0 Å². The second-order valence-corrected chi connectivity index (χ2v) is 4.57. The maximum atomic E-state index is 13.5. The molecule has 1 aliphatic carbocycles. The first kappa shape index (κ1) is 12.3. The average molecular weight is 239 g/mol. The number of rotatable bonds is 4. The number of hydrogen-bond acceptors (Lipinski definition) is 3. The van der Waals surface area contributed by atoms with Gasteiger partial charge in [-0.15, -0.1) is 0 Å². The Labute approximate surface area is 101 Å². The molecule has 0 amide bonds. The molecule has 0 saturated heterocycles. The highest BCUT2D eigenvalue weighted by molar-refractivity contribution is 5.29. The lowest BCUT2D eigenvalue weighted by Gasteiger charge is -2.18. The van der Waals surface area contributed by atoms with Crippen molar-refractivity contribution in [2.24, 2.45) is 0 Å². The molecule has 0 radical (unpaired) electrons. The lowest BCUT2D eigenvalue weighted by atomic mass is 10.1. The first-order valence-electron chi connectivity index (χ1n) is 6.06. The normalized spacial score (nSPS) is 18.5. The van der Waals surface area contributed by atoms with Crippen molar-refractivity contribution >= 4 is 0 Å². The largest absolute Gasteiger partial charge is 0.508 e. The van der Waals surface area contributed by atoms with Gasteiger partial charge in [0.25, 0.3) is 0 Å². The number of hydrogen-bond donors (Lipinski definition) is 2. The zero-order chi connectivity index (χ0) is 12.3. The Morgan fingerprint density at radius 1 is 1.41 bits per heavy atom. The summed E-state index contributed by atoms with van der Waals surface area (Å²) in [6, 6.07) is 3.94. The Bertz CT molecular complexity index is 378. The SMILES string of the molecule is CC(NOC1CCCC1)c1ccc(O)cc1F. The van der Waals surface area contributed by atoms with Crippen LogP contribution in [-0.4, -0.2) is 11.2 Å². The standard InChI is InChI=1S/C13H18FNO2/c1-9(15-17-11-4-2-3-5-11)12-7-6-10(16)8-13(12)14/h6-9,11,15-16H,2-5H2,1H3. The molecule has 1 atom stereocenters. The van der Waals surface area contributed by atoms with Crippen molar-refractivity contribution in [1.82, 2.24) is 5.48 Å². The van der Waals surface area contributed by atoms with Crippen LogP contribution in [0.4, 0.5) is 4.39 Å². The monoisotopic (exact) mass is 239 g/mol. The average Bonchev–Trinajstić information content (AvgIpc) is 2.78. The Balaban J connectivity index is 1.91. The zero-order valence-electron chi connectivity index (χ0n) is 9.95. The third-order valence-electron chi connectivity index (χ3n) is 3.16. The van der Waals surface area contributed by atoms with Crippen LogP contribution in [0.25, 0.3) is 0 Å². The molecule has 94 valence electrons. The Kier molecular flexibility index (Phi) is 3.97. The smallest absolute Gasteiger partial charge is 0.131 e. The van der Waals surface area contributed by atoms with Crippen LogP contribution in [0.2, 0.25) is 0 Å². The number of phenolic OH excluding ortho intramolecular Hbond substituents is 1. The van der Waals surface area contributed by atoms with Gasteiger partial charge in [0.15, 0.2) is 0 Å². The summed E-state index contributed by atoms with van der Waals surface area (Å²) in [6.07, 6.45) is 4.79. The van der Waals surface area contributed by atoms with Gasteiger partial charge in [0, 0.05) is 11.6 Å². The van der Waals surface area contributed by atoms with Crippen LogP contribution in [0.5, 0.6) is 5.75 Å². The molecule has 1 aromatic carbocycles. The van der Waals surface area contributed by atoms with E-state index in [4.69, 9.17) is 9.94 Å². The molecule has 1 unspecified atom stereocenters. The molecule has 0 aliphatic heterocycles. The summed E-state index contributed by atoms with van der Waals surface area (Å²) in [7, 11) is 0. The molecular formula is C13H18FNO2. The molecule has 1 saturated carbocycles. The summed E-state index contributed by atoms with van der Waals surface area (Å²) in [6.45, 7) is 1.84. The Morgan fingerprint density at radius 2 is 2.12 bits per heavy atom. The van der Waals surface area contributed by atoms with Crippen LogP contribution < -0.4 is 5.48 Å². The highest BCUT2D eigenvalue weighted by Crippen LogP contribution is 2.23. The maximum Gasteiger partial charge on any atom is 0.131 e. The van der Waals surface area contributed by atoms with Gasteiger partial charge in [0.05, 0.1) is 12.1 Å². The van der Waals surface area contributed by atoms with E-state index in [2.05, 4.69) is 5.48 Å². The number of aromatic hydroxyl groups is 1. The van der Waals surface area contributed by atoms with Gasteiger partial charge in [0.1, 0.15) is 11.6 Å². The van der Waals surface area contributed by atoms with Gasteiger partial charge in [-0.25, -0.2) is 4.39 Å². The summed E-state index contributed by atoms with van der Waals surface area (Å²) in [5.74, 6) is -0.477. The van der Waals surface area contributed by atoms with Crippen LogP contribution >= 0.6 is 0 Å². The summed E-state index contributed by atoms with van der Waals surface area (Å²) in [4.78, 5) is 5.53. The third-order valence-corrected chi connectivity index (χ3v) is 3.16. The minimum atomic E-state index is -0.417. The van der Waals surface area contributed by atoms with Gasteiger partial charge in [-0.05, 0) is 25.8 Å². The highest BCUT2D eigenvalue weighted by atomic mass is 19.1. The van der Waals surface area contributed by atoms with Crippen LogP contribution in [0.1, 0.15) is 44.2 Å². The van der Waals surface area contributed by atoms with E-state index in [-0.39, 0.29) is 17.9 Å². The Morgan fingerprint density at radius 3 is 2.76 bits per heavy atom. The second-order valence-electron chi connectivity index (χ2n) is 4.57. The topological polar surface area (TPSA) is 41.5 Å². The molecule has 17 heavy (non-hydrogen) atoms.